The number of hydrogen-bond donors (Lipinski definition) is 1. The van der Waals surface area contributed by atoms with E-state index >= 15 is 0 Å². The minimum absolute atomic E-state index is 0.0468. The van der Waals surface area contributed by atoms with E-state index in [9.17, 15) is 13.2 Å². The van der Waals surface area contributed by atoms with E-state index < -0.39 is 22.5 Å². The third-order valence-electron chi connectivity index (χ3n) is 5.97. The first-order chi connectivity index (χ1) is 18.8. The summed E-state index contributed by atoms with van der Waals surface area (Å²) in [5.41, 5.74) is 6.90. The van der Waals surface area contributed by atoms with Gasteiger partial charge in [-0.3, -0.25) is 4.79 Å². The van der Waals surface area contributed by atoms with Crippen molar-refractivity contribution in [3.63, 3.8) is 0 Å². The number of carbonyl (C=O) groups excluding carboxylic acids is 1. The molecule has 0 aliphatic heterocycles. The summed E-state index contributed by atoms with van der Waals surface area (Å²) in [6, 6.07) is 31.3. The maximum atomic E-state index is 13.5. The molecule has 200 valence electrons. The van der Waals surface area contributed by atoms with Crippen LogP contribution in [0.25, 0.3) is 0 Å². The van der Waals surface area contributed by atoms with Crippen molar-refractivity contribution in [2.75, 3.05) is 6.54 Å². The van der Waals surface area contributed by atoms with E-state index in [1.165, 1.54) is 6.21 Å². The van der Waals surface area contributed by atoms with Crippen LogP contribution in [0.3, 0.4) is 0 Å². The molecule has 0 bridgehead atoms. The Hall–Kier alpha value is -4.27. The van der Waals surface area contributed by atoms with Crippen LogP contribution in [-0.2, 0) is 28.0 Å². The van der Waals surface area contributed by atoms with E-state index in [2.05, 4.69) is 10.5 Å². The summed E-state index contributed by atoms with van der Waals surface area (Å²) in [6.45, 7) is 3.87. The number of sulfonamides is 1. The molecule has 7 nitrogen and oxygen atoms in total. The topological polar surface area (TPSA) is 88.1 Å². The van der Waals surface area contributed by atoms with Crippen molar-refractivity contribution in [2.45, 2.75) is 31.9 Å². The average molecular weight is 542 g/mol. The molecule has 0 fully saturated rings. The maximum absolute atomic E-state index is 13.5. The van der Waals surface area contributed by atoms with Crippen LogP contribution in [0.5, 0.6) is 5.75 Å². The predicted octanol–water partition coefficient (Wildman–Crippen LogP) is 5.22. The Bertz CT molecular complexity index is 1540. The number of hydrazone groups is 1. The van der Waals surface area contributed by atoms with Gasteiger partial charge in [0, 0.05) is 12.1 Å². The van der Waals surface area contributed by atoms with Gasteiger partial charge in [-0.25, -0.2) is 13.8 Å². The van der Waals surface area contributed by atoms with Crippen LogP contribution in [0.2, 0.25) is 0 Å². The Morgan fingerprint density at radius 1 is 0.846 bits per heavy atom. The Balaban J connectivity index is 1.46. The Morgan fingerprint density at radius 2 is 1.54 bits per heavy atom. The minimum Gasteiger partial charge on any atom is -0.488 e. The summed E-state index contributed by atoms with van der Waals surface area (Å²) >= 11 is 0. The van der Waals surface area contributed by atoms with Gasteiger partial charge in [-0.15, -0.1) is 0 Å². The number of benzene rings is 4. The molecule has 0 atom stereocenters. The number of amides is 1. The highest BCUT2D eigenvalue weighted by atomic mass is 32.2. The number of nitrogens with zero attached hydrogens (tertiary/aromatic N) is 2. The van der Waals surface area contributed by atoms with Crippen molar-refractivity contribution < 1.29 is 17.9 Å². The molecule has 1 N–H and O–H groups in total. The van der Waals surface area contributed by atoms with Crippen LogP contribution < -0.4 is 10.2 Å². The SMILES string of the molecule is Cc1ccc(S(=O)(=O)N(CC(=O)N/N=C\c2ccccc2OCc2ccccc2)Cc2cccc(C)c2)cc1. The Kier molecular flexibility index (Phi) is 9.25. The van der Waals surface area contributed by atoms with Crippen LogP contribution in [0.4, 0.5) is 0 Å². The van der Waals surface area contributed by atoms with Gasteiger partial charge in [-0.05, 0) is 49.2 Å². The molecule has 0 aromatic heterocycles. The molecule has 0 unspecified atom stereocenters. The lowest BCUT2D eigenvalue weighted by atomic mass is 10.1. The van der Waals surface area contributed by atoms with Crippen molar-refractivity contribution in [1.82, 2.24) is 9.73 Å². The van der Waals surface area contributed by atoms with Gasteiger partial charge in [0.15, 0.2) is 0 Å². The number of aryl methyl sites for hydroxylation is 2. The van der Waals surface area contributed by atoms with E-state index in [4.69, 9.17) is 4.74 Å². The molecule has 0 heterocycles. The summed E-state index contributed by atoms with van der Waals surface area (Å²) in [5, 5.41) is 4.07. The van der Waals surface area contributed by atoms with E-state index in [1.807, 2.05) is 92.7 Å². The van der Waals surface area contributed by atoms with E-state index in [1.54, 1.807) is 24.3 Å². The molecule has 0 aliphatic rings. The van der Waals surface area contributed by atoms with Crippen molar-refractivity contribution in [3.05, 3.63) is 131 Å². The van der Waals surface area contributed by atoms with Gasteiger partial charge in [0.2, 0.25) is 10.0 Å². The highest BCUT2D eigenvalue weighted by Gasteiger charge is 2.27. The van der Waals surface area contributed by atoms with Crippen LogP contribution >= 0.6 is 0 Å². The predicted molar refractivity (Wildman–Crippen MR) is 153 cm³/mol. The van der Waals surface area contributed by atoms with Gasteiger partial charge >= 0.3 is 0 Å². The fourth-order valence-corrected chi connectivity index (χ4v) is 5.31. The maximum Gasteiger partial charge on any atom is 0.255 e. The van der Waals surface area contributed by atoms with Crippen molar-refractivity contribution in [2.24, 2.45) is 5.10 Å². The second-order valence-corrected chi connectivity index (χ2v) is 11.1. The minimum atomic E-state index is -3.94. The van der Waals surface area contributed by atoms with E-state index in [0.29, 0.717) is 17.9 Å². The summed E-state index contributed by atoms with van der Waals surface area (Å²) < 4.78 is 34.1. The summed E-state index contributed by atoms with van der Waals surface area (Å²) in [7, 11) is -3.94. The molecule has 0 saturated carbocycles. The first kappa shape index (κ1) is 27.8. The summed E-state index contributed by atoms with van der Waals surface area (Å²) in [6.07, 6.45) is 1.48. The third-order valence-corrected chi connectivity index (χ3v) is 7.78. The normalized spacial score (nSPS) is 11.6. The Labute approximate surface area is 229 Å². The van der Waals surface area contributed by atoms with Crippen LogP contribution in [-0.4, -0.2) is 31.4 Å². The third kappa shape index (κ3) is 7.86. The fraction of sp³-hybridized carbons (Fsp3) is 0.161. The summed E-state index contributed by atoms with van der Waals surface area (Å²) in [4.78, 5) is 13.0. The molecule has 0 saturated heterocycles. The van der Waals surface area contributed by atoms with Gasteiger partial charge in [-0.2, -0.15) is 9.41 Å². The first-order valence-electron chi connectivity index (χ1n) is 12.5. The molecular weight excluding hydrogens is 510 g/mol. The largest absolute Gasteiger partial charge is 0.488 e. The molecule has 4 rings (SSSR count). The number of ether oxygens (including phenoxy) is 1. The monoisotopic (exact) mass is 541 g/mol. The molecule has 0 spiro atoms. The highest BCUT2D eigenvalue weighted by Crippen LogP contribution is 2.20. The number of carbonyl (C=O) groups is 1. The lowest BCUT2D eigenvalue weighted by molar-refractivity contribution is -0.121. The molecule has 39 heavy (non-hydrogen) atoms. The molecule has 8 heteroatoms. The zero-order valence-electron chi connectivity index (χ0n) is 21.9. The number of rotatable bonds is 11. The molecular formula is C31H31N3O4S. The van der Waals surface area contributed by atoms with Gasteiger partial charge in [0.25, 0.3) is 5.91 Å². The molecule has 0 aliphatic carbocycles. The summed E-state index contributed by atoms with van der Waals surface area (Å²) in [5.74, 6) is 0.0552. The zero-order valence-corrected chi connectivity index (χ0v) is 22.8. The number of para-hydroxylation sites is 1. The lowest BCUT2D eigenvalue weighted by Crippen LogP contribution is -2.39. The number of nitrogens with one attached hydrogen (secondary N) is 1. The zero-order chi connectivity index (χ0) is 27.7. The number of hydrogen-bond acceptors (Lipinski definition) is 5. The van der Waals surface area contributed by atoms with Gasteiger partial charge in [0.05, 0.1) is 17.7 Å². The molecule has 0 radical (unpaired) electrons. The molecule has 4 aromatic carbocycles. The second kappa shape index (κ2) is 13.0. The second-order valence-electron chi connectivity index (χ2n) is 9.18. The first-order valence-corrected chi connectivity index (χ1v) is 14.0. The molecule has 4 aromatic rings. The van der Waals surface area contributed by atoms with Crippen LogP contribution in [0.1, 0.15) is 27.8 Å². The molecule has 1 amide bonds. The van der Waals surface area contributed by atoms with Gasteiger partial charge in [-0.1, -0.05) is 90.0 Å². The average Bonchev–Trinajstić information content (AvgIpc) is 2.93. The van der Waals surface area contributed by atoms with E-state index in [-0.39, 0.29) is 11.4 Å². The van der Waals surface area contributed by atoms with Gasteiger partial charge in [0.1, 0.15) is 12.4 Å². The standard InChI is InChI=1S/C31H31N3O4S/c1-24-15-17-29(18-16-24)39(36,37)34(21-27-12-8-9-25(2)19-27)22-31(35)33-32-20-28-13-6-7-14-30(28)38-23-26-10-4-3-5-11-26/h3-20H,21-23H2,1-2H3,(H,33,35)/b32-20-. The highest BCUT2D eigenvalue weighted by molar-refractivity contribution is 7.89. The quantitative estimate of drug-likeness (QED) is 0.208. The van der Waals surface area contributed by atoms with Crippen molar-refractivity contribution >= 4 is 22.1 Å². The van der Waals surface area contributed by atoms with Gasteiger partial charge < -0.3 is 4.74 Å². The van der Waals surface area contributed by atoms with Crippen molar-refractivity contribution in [1.29, 1.82) is 0 Å². The van der Waals surface area contributed by atoms with Crippen molar-refractivity contribution in [3.8, 4) is 5.75 Å². The Morgan fingerprint density at radius 3 is 2.28 bits per heavy atom. The van der Waals surface area contributed by atoms with Crippen LogP contribution in [0, 0.1) is 13.8 Å². The lowest BCUT2D eigenvalue weighted by Gasteiger charge is -2.22. The van der Waals surface area contributed by atoms with Crippen LogP contribution in [0.15, 0.2) is 113 Å². The smallest absolute Gasteiger partial charge is 0.255 e. The van der Waals surface area contributed by atoms with E-state index in [0.717, 1.165) is 26.6 Å². The fourth-order valence-electron chi connectivity index (χ4n) is 3.92.